The normalized spacial score (nSPS) is 28.6. The third-order valence-electron chi connectivity index (χ3n) is 4.11. The van der Waals surface area contributed by atoms with Crippen LogP contribution in [0.1, 0.15) is 51.5 Å². The molecule has 0 radical (unpaired) electrons. The second-order valence-corrected chi connectivity index (χ2v) is 6.42. The molecule has 17 heavy (non-hydrogen) atoms. The van der Waals surface area contributed by atoms with E-state index >= 15 is 0 Å². The Kier molecular flexibility index (Phi) is 3.53. The lowest BCUT2D eigenvalue weighted by molar-refractivity contribution is 0.297. The van der Waals surface area contributed by atoms with Gasteiger partial charge in [0, 0.05) is 17.9 Å². The zero-order valence-corrected chi connectivity index (χ0v) is 11.1. The van der Waals surface area contributed by atoms with Gasteiger partial charge in [0.05, 0.1) is 0 Å². The minimum Gasteiger partial charge on any atom is -0.325 e. The monoisotopic (exact) mass is 232 g/mol. The van der Waals surface area contributed by atoms with E-state index in [0.29, 0.717) is 5.41 Å². The summed E-state index contributed by atoms with van der Waals surface area (Å²) in [6, 6.07) is 4.14. The summed E-state index contributed by atoms with van der Waals surface area (Å²) in [4.78, 5) is 4.18. The van der Waals surface area contributed by atoms with Crippen LogP contribution in [0.5, 0.6) is 0 Å². The maximum absolute atomic E-state index is 6.58. The fraction of sp³-hybridized carbons (Fsp3) is 0.667. The highest BCUT2D eigenvalue weighted by molar-refractivity contribution is 5.13. The number of hydrogen-bond donors (Lipinski definition) is 1. The van der Waals surface area contributed by atoms with Crippen molar-refractivity contribution in [2.45, 2.75) is 57.9 Å². The molecule has 1 aliphatic rings. The van der Waals surface area contributed by atoms with E-state index in [1.165, 1.54) is 24.8 Å². The molecular weight excluding hydrogens is 208 g/mol. The summed E-state index contributed by atoms with van der Waals surface area (Å²) >= 11 is 0. The number of pyridine rings is 1. The molecule has 94 valence electrons. The molecule has 1 aromatic heterocycles. The first-order valence-corrected chi connectivity index (χ1v) is 6.67. The standard InChI is InChI=1S/C15H24N2/c1-14(2)6-4-7-15(16,9-8-14)11-13-5-3-10-17-12-13/h3,5,10,12H,4,6-9,11,16H2,1-2H3. The second-order valence-electron chi connectivity index (χ2n) is 6.42. The van der Waals surface area contributed by atoms with E-state index in [4.69, 9.17) is 5.73 Å². The predicted octanol–water partition coefficient (Wildman–Crippen LogP) is 3.31. The van der Waals surface area contributed by atoms with Crippen LogP contribution in [0, 0.1) is 5.41 Å². The van der Waals surface area contributed by atoms with E-state index in [-0.39, 0.29) is 5.54 Å². The highest BCUT2D eigenvalue weighted by atomic mass is 14.7. The molecule has 1 unspecified atom stereocenters. The van der Waals surface area contributed by atoms with Crippen LogP contribution in [0.4, 0.5) is 0 Å². The summed E-state index contributed by atoms with van der Waals surface area (Å²) < 4.78 is 0. The molecule has 0 bridgehead atoms. The van der Waals surface area contributed by atoms with Gasteiger partial charge in [-0.05, 0) is 49.1 Å². The van der Waals surface area contributed by atoms with Crippen LogP contribution in [-0.4, -0.2) is 10.5 Å². The van der Waals surface area contributed by atoms with Crippen molar-refractivity contribution in [3.05, 3.63) is 30.1 Å². The Morgan fingerprint density at radius 3 is 2.76 bits per heavy atom. The average molecular weight is 232 g/mol. The summed E-state index contributed by atoms with van der Waals surface area (Å²) in [5.74, 6) is 0. The molecule has 2 heteroatoms. The van der Waals surface area contributed by atoms with E-state index in [1.807, 2.05) is 18.5 Å². The van der Waals surface area contributed by atoms with Gasteiger partial charge in [-0.3, -0.25) is 4.98 Å². The van der Waals surface area contributed by atoms with Crippen molar-refractivity contribution in [2.24, 2.45) is 11.1 Å². The van der Waals surface area contributed by atoms with Gasteiger partial charge < -0.3 is 5.73 Å². The van der Waals surface area contributed by atoms with Crippen LogP contribution in [0.2, 0.25) is 0 Å². The lowest BCUT2D eigenvalue weighted by Gasteiger charge is -2.29. The summed E-state index contributed by atoms with van der Waals surface area (Å²) in [6.45, 7) is 4.73. The quantitative estimate of drug-likeness (QED) is 0.794. The van der Waals surface area contributed by atoms with Crippen molar-refractivity contribution in [1.29, 1.82) is 0 Å². The first-order valence-electron chi connectivity index (χ1n) is 6.67. The maximum atomic E-state index is 6.58. The van der Waals surface area contributed by atoms with E-state index in [0.717, 1.165) is 19.3 Å². The van der Waals surface area contributed by atoms with Gasteiger partial charge in [-0.2, -0.15) is 0 Å². The molecule has 1 saturated carbocycles. The van der Waals surface area contributed by atoms with Crippen LogP contribution >= 0.6 is 0 Å². The Hall–Kier alpha value is -0.890. The van der Waals surface area contributed by atoms with Gasteiger partial charge in [0.1, 0.15) is 0 Å². The van der Waals surface area contributed by atoms with Crippen LogP contribution in [-0.2, 0) is 6.42 Å². The molecule has 0 amide bonds. The fourth-order valence-electron chi connectivity index (χ4n) is 2.84. The molecule has 1 heterocycles. The Balaban J connectivity index is 2.04. The van der Waals surface area contributed by atoms with Crippen LogP contribution in [0.25, 0.3) is 0 Å². The Morgan fingerprint density at radius 2 is 2.06 bits per heavy atom. The molecule has 2 rings (SSSR count). The molecule has 1 aliphatic carbocycles. The van der Waals surface area contributed by atoms with E-state index in [2.05, 4.69) is 24.9 Å². The third kappa shape index (κ3) is 3.53. The van der Waals surface area contributed by atoms with Crippen molar-refractivity contribution in [3.63, 3.8) is 0 Å². The predicted molar refractivity (Wildman–Crippen MR) is 71.7 cm³/mol. The molecule has 1 fully saturated rings. The summed E-state index contributed by atoms with van der Waals surface area (Å²) in [5.41, 5.74) is 8.31. The third-order valence-corrected chi connectivity index (χ3v) is 4.11. The Labute approximate surface area is 105 Å². The van der Waals surface area contributed by atoms with Gasteiger partial charge in [-0.1, -0.05) is 26.3 Å². The van der Waals surface area contributed by atoms with Gasteiger partial charge in [0.15, 0.2) is 0 Å². The van der Waals surface area contributed by atoms with Gasteiger partial charge in [0.2, 0.25) is 0 Å². The van der Waals surface area contributed by atoms with Crippen molar-refractivity contribution in [3.8, 4) is 0 Å². The Bertz CT molecular complexity index is 358. The van der Waals surface area contributed by atoms with Crippen molar-refractivity contribution < 1.29 is 0 Å². The molecular formula is C15H24N2. The second kappa shape index (κ2) is 4.77. The van der Waals surface area contributed by atoms with E-state index < -0.39 is 0 Å². The van der Waals surface area contributed by atoms with Crippen LogP contribution in [0.15, 0.2) is 24.5 Å². The number of aromatic nitrogens is 1. The average Bonchev–Trinajstić information content (AvgIpc) is 2.40. The number of nitrogens with zero attached hydrogens (tertiary/aromatic N) is 1. The van der Waals surface area contributed by atoms with Crippen LogP contribution in [0.3, 0.4) is 0 Å². The number of rotatable bonds is 2. The largest absolute Gasteiger partial charge is 0.325 e. The zero-order chi connectivity index (χ0) is 12.4. The minimum absolute atomic E-state index is 0.0171. The molecule has 0 aromatic carbocycles. The minimum atomic E-state index is -0.0171. The first-order chi connectivity index (χ1) is 7.99. The van der Waals surface area contributed by atoms with Gasteiger partial charge in [0.25, 0.3) is 0 Å². The lowest BCUT2D eigenvalue weighted by atomic mass is 9.82. The molecule has 2 N–H and O–H groups in total. The van der Waals surface area contributed by atoms with Crippen molar-refractivity contribution in [2.75, 3.05) is 0 Å². The molecule has 1 atom stereocenters. The lowest BCUT2D eigenvalue weighted by Crippen LogP contribution is -2.41. The van der Waals surface area contributed by atoms with E-state index in [9.17, 15) is 0 Å². The maximum Gasteiger partial charge on any atom is 0.0300 e. The van der Waals surface area contributed by atoms with Gasteiger partial charge >= 0.3 is 0 Å². The fourth-order valence-corrected chi connectivity index (χ4v) is 2.84. The van der Waals surface area contributed by atoms with Crippen LogP contribution < -0.4 is 5.73 Å². The summed E-state index contributed by atoms with van der Waals surface area (Å²) in [6.07, 6.45) is 10.8. The van der Waals surface area contributed by atoms with Crippen molar-refractivity contribution in [1.82, 2.24) is 4.98 Å². The molecule has 1 aromatic rings. The topological polar surface area (TPSA) is 38.9 Å². The van der Waals surface area contributed by atoms with Crippen molar-refractivity contribution >= 4 is 0 Å². The van der Waals surface area contributed by atoms with Gasteiger partial charge in [-0.15, -0.1) is 0 Å². The molecule has 0 spiro atoms. The first kappa shape index (κ1) is 12.6. The summed E-state index contributed by atoms with van der Waals surface area (Å²) in [5, 5.41) is 0. The zero-order valence-electron chi connectivity index (χ0n) is 11.1. The molecule has 2 nitrogen and oxygen atoms in total. The number of hydrogen-bond acceptors (Lipinski definition) is 2. The number of nitrogens with two attached hydrogens (primary N) is 1. The molecule has 0 aliphatic heterocycles. The molecule has 0 saturated heterocycles. The summed E-state index contributed by atoms with van der Waals surface area (Å²) in [7, 11) is 0. The highest BCUT2D eigenvalue weighted by Gasteiger charge is 2.32. The van der Waals surface area contributed by atoms with Gasteiger partial charge in [-0.25, -0.2) is 0 Å². The smallest absolute Gasteiger partial charge is 0.0300 e. The SMILES string of the molecule is CC1(C)CCCC(N)(Cc2cccnc2)CC1. The van der Waals surface area contributed by atoms with E-state index in [1.54, 1.807) is 0 Å². The Morgan fingerprint density at radius 1 is 1.24 bits per heavy atom. The highest BCUT2D eigenvalue weighted by Crippen LogP contribution is 2.38.